The van der Waals surface area contributed by atoms with Crippen molar-refractivity contribution in [3.63, 3.8) is 0 Å². The highest BCUT2D eigenvalue weighted by molar-refractivity contribution is 6.03. The van der Waals surface area contributed by atoms with Gasteiger partial charge in [0.25, 0.3) is 5.91 Å². The molecule has 1 saturated heterocycles. The van der Waals surface area contributed by atoms with E-state index < -0.39 is 6.10 Å². The number of ether oxygens (including phenoxy) is 1. The number of nitrogens with one attached hydrogen (secondary N) is 1. The van der Waals surface area contributed by atoms with E-state index >= 15 is 0 Å². The molecule has 0 radical (unpaired) electrons. The molecule has 0 bridgehead atoms. The molecular formula is C20H28N4O4. The van der Waals surface area contributed by atoms with Crippen LogP contribution >= 0.6 is 0 Å². The van der Waals surface area contributed by atoms with Crippen molar-refractivity contribution in [3.8, 4) is 5.75 Å². The Morgan fingerprint density at radius 1 is 1.29 bits per heavy atom. The van der Waals surface area contributed by atoms with E-state index in [1.807, 2.05) is 12.1 Å². The van der Waals surface area contributed by atoms with Gasteiger partial charge in [0.05, 0.1) is 5.69 Å². The lowest BCUT2D eigenvalue weighted by atomic mass is 10.0. The Kier molecular flexibility index (Phi) is 6.51. The summed E-state index contributed by atoms with van der Waals surface area (Å²) in [5, 5.41) is 2.86. The number of carbonyl (C=O) groups excluding carboxylic acids is 3. The fourth-order valence-electron chi connectivity index (χ4n) is 3.74. The van der Waals surface area contributed by atoms with Crippen LogP contribution in [0.2, 0.25) is 0 Å². The molecule has 28 heavy (non-hydrogen) atoms. The molecule has 2 aliphatic heterocycles. The summed E-state index contributed by atoms with van der Waals surface area (Å²) >= 11 is 0. The molecule has 8 nitrogen and oxygen atoms in total. The number of rotatable bonds is 6. The second-order valence-corrected chi connectivity index (χ2v) is 7.23. The molecule has 0 spiro atoms. The van der Waals surface area contributed by atoms with Crippen LogP contribution in [-0.4, -0.2) is 60.9 Å². The van der Waals surface area contributed by atoms with Gasteiger partial charge < -0.3 is 20.7 Å². The second-order valence-electron chi connectivity index (χ2n) is 7.23. The summed E-state index contributed by atoms with van der Waals surface area (Å²) in [5.41, 5.74) is 6.02. The molecular weight excluding hydrogens is 360 g/mol. The lowest BCUT2D eigenvalue weighted by Gasteiger charge is -2.38. The Labute approximate surface area is 165 Å². The molecule has 0 aromatic heterocycles. The number of fused-ring (bicyclic) bond motifs is 1. The quantitative estimate of drug-likeness (QED) is 0.744. The summed E-state index contributed by atoms with van der Waals surface area (Å²) < 4.78 is 5.64. The zero-order valence-electron chi connectivity index (χ0n) is 16.2. The first-order valence-corrected chi connectivity index (χ1v) is 9.84. The Bertz CT molecular complexity index is 739. The molecule has 2 aliphatic rings. The highest BCUT2D eigenvalue weighted by Crippen LogP contribution is 2.33. The number of amides is 3. The first kappa shape index (κ1) is 20.1. The number of hydrogen-bond acceptors (Lipinski definition) is 5. The van der Waals surface area contributed by atoms with Gasteiger partial charge in [-0.15, -0.1) is 0 Å². The molecule has 3 rings (SSSR count). The summed E-state index contributed by atoms with van der Waals surface area (Å²) in [4.78, 5) is 40.7. The molecule has 8 heteroatoms. The number of likely N-dealkylation sites (tertiary alicyclic amines) is 1. The van der Waals surface area contributed by atoms with Crippen molar-refractivity contribution in [2.75, 3.05) is 31.1 Å². The van der Waals surface area contributed by atoms with Crippen molar-refractivity contribution < 1.29 is 19.1 Å². The van der Waals surface area contributed by atoms with Crippen molar-refractivity contribution in [2.24, 2.45) is 5.73 Å². The van der Waals surface area contributed by atoms with E-state index in [9.17, 15) is 14.4 Å². The lowest BCUT2D eigenvalue weighted by molar-refractivity contribution is -0.136. The minimum atomic E-state index is -0.629. The highest BCUT2D eigenvalue weighted by atomic mass is 16.5. The smallest absolute Gasteiger partial charge is 0.268 e. The van der Waals surface area contributed by atoms with E-state index in [0.717, 1.165) is 19.3 Å². The number of anilines is 1. The third kappa shape index (κ3) is 4.44. The van der Waals surface area contributed by atoms with Gasteiger partial charge >= 0.3 is 0 Å². The molecule has 1 fully saturated rings. The zero-order valence-corrected chi connectivity index (χ0v) is 16.2. The van der Waals surface area contributed by atoms with Gasteiger partial charge in [-0.25, -0.2) is 0 Å². The van der Waals surface area contributed by atoms with E-state index in [1.54, 1.807) is 24.0 Å². The van der Waals surface area contributed by atoms with Crippen molar-refractivity contribution in [3.05, 3.63) is 24.3 Å². The van der Waals surface area contributed by atoms with Crippen LogP contribution in [0.15, 0.2) is 24.3 Å². The number of nitrogens with two attached hydrogens (primary N) is 1. The summed E-state index contributed by atoms with van der Waals surface area (Å²) in [7, 11) is 0. The van der Waals surface area contributed by atoms with Crippen molar-refractivity contribution >= 4 is 23.4 Å². The first-order valence-electron chi connectivity index (χ1n) is 9.84. The maximum atomic E-state index is 13.1. The Balaban J connectivity index is 1.70. The van der Waals surface area contributed by atoms with Crippen LogP contribution in [0.3, 0.4) is 0 Å². The molecule has 0 saturated carbocycles. The van der Waals surface area contributed by atoms with Gasteiger partial charge in [0.2, 0.25) is 11.8 Å². The summed E-state index contributed by atoms with van der Waals surface area (Å²) in [6.07, 6.45) is 2.41. The van der Waals surface area contributed by atoms with Crippen LogP contribution in [0, 0.1) is 0 Å². The average Bonchev–Trinajstić information content (AvgIpc) is 2.70. The Hall–Kier alpha value is -2.61. The molecule has 152 valence electrons. The first-order chi connectivity index (χ1) is 13.5. The standard InChI is InChI=1S/C20H28N4O4/c1-14-20(27)24(16-7-2-3-8-17(16)28-14)13-19(26)23-11-5-4-6-15(23)12-22-18(25)9-10-21/h2-3,7-8,14-15H,4-6,9-13,21H2,1H3,(H,22,25). The molecule has 2 atom stereocenters. The van der Waals surface area contributed by atoms with Crippen molar-refractivity contribution in [1.82, 2.24) is 10.2 Å². The van der Waals surface area contributed by atoms with E-state index in [1.165, 1.54) is 4.90 Å². The lowest BCUT2D eigenvalue weighted by Crippen LogP contribution is -2.54. The van der Waals surface area contributed by atoms with Gasteiger partial charge in [0.1, 0.15) is 12.3 Å². The molecule has 0 aliphatic carbocycles. The van der Waals surface area contributed by atoms with Crippen molar-refractivity contribution in [1.29, 1.82) is 0 Å². The van der Waals surface area contributed by atoms with E-state index in [0.29, 0.717) is 31.1 Å². The number of hydrogen-bond donors (Lipinski definition) is 2. The van der Waals surface area contributed by atoms with Crippen LogP contribution < -0.4 is 20.7 Å². The number of nitrogens with zero attached hydrogens (tertiary/aromatic N) is 2. The molecule has 2 unspecified atom stereocenters. The molecule has 3 N–H and O–H groups in total. The number of carbonyl (C=O) groups is 3. The summed E-state index contributed by atoms with van der Waals surface area (Å²) in [6, 6.07) is 7.18. The number of para-hydroxylation sites is 2. The number of piperidine rings is 1. The monoisotopic (exact) mass is 388 g/mol. The van der Waals surface area contributed by atoms with E-state index in [-0.39, 0.29) is 36.7 Å². The Morgan fingerprint density at radius 2 is 2.07 bits per heavy atom. The van der Waals surface area contributed by atoms with E-state index in [4.69, 9.17) is 10.5 Å². The van der Waals surface area contributed by atoms with Gasteiger partial charge in [0, 0.05) is 32.1 Å². The van der Waals surface area contributed by atoms with E-state index in [2.05, 4.69) is 5.32 Å². The van der Waals surface area contributed by atoms with Crippen molar-refractivity contribution in [2.45, 2.75) is 44.8 Å². The van der Waals surface area contributed by atoms with Gasteiger partial charge in [-0.05, 0) is 38.3 Å². The number of benzene rings is 1. The van der Waals surface area contributed by atoms with Crippen LogP contribution in [0.4, 0.5) is 5.69 Å². The second kappa shape index (κ2) is 9.05. The average molecular weight is 388 g/mol. The molecule has 2 heterocycles. The summed E-state index contributed by atoms with van der Waals surface area (Å²) in [5.74, 6) is 0.158. The Morgan fingerprint density at radius 3 is 2.86 bits per heavy atom. The predicted octanol–water partition coefficient (Wildman–Crippen LogP) is 0.647. The normalized spacial score (nSPS) is 21.7. The van der Waals surface area contributed by atoms with Gasteiger partial charge in [-0.3, -0.25) is 19.3 Å². The predicted molar refractivity (Wildman–Crippen MR) is 105 cm³/mol. The van der Waals surface area contributed by atoms with Crippen LogP contribution in [0.1, 0.15) is 32.6 Å². The van der Waals surface area contributed by atoms with Crippen LogP contribution in [0.25, 0.3) is 0 Å². The topological polar surface area (TPSA) is 105 Å². The third-order valence-corrected chi connectivity index (χ3v) is 5.22. The summed E-state index contributed by atoms with van der Waals surface area (Å²) in [6.45, 7) is 3.00. The maximum absolute atomic E-state index is 13.1. The maximum Gasteiger partial charge on any atom is 0.268 e. The van der Waals surface area contributed by atoms with Gasteiger partial charge in [-0.2, -0.15) is 0 Å². The minimum absolute atomic E-state index is 0.0310. The third-order valence-electron chi connectivity index (χ3n) is 5.22. The van der Waals surface area contributed by atoms with Crippen LogP contribution in [0.5, 0.6) is 5.75 Å². The largest absolute Gasteiger partial charge is 0.479 e. The van der Waals surface area contributed by atoms with Gasteiger partial charge in [-0.1, -0.05) is 12.1 Å². The molecule has 1 aromatic carbocycles. The van der Waals surface area contributed by atoms with Crippen LogP contribution in [-0.2, 0) is 14.4 Å². The fourth-order valence-corrected chi connectivity index (χ4v) is 3.74. The zero-order chi connectivity index (χ0) is 20.1. The molecule has 3 amide bonds. The fraction of sp³-hybridized carbons (Fsp3) is 0.550. The van der Waals surface area contributed by atoms with Gasteiger partial charge in [0.15, 0.2) is 6.10 Å². The highest BCUT2D eigenvalue weighted by Gasteiger charge is 2.35. The minimum Gasteiger partial charge on any atom is -0.479 e. The molecule has 1 aromatic rings. The SMILES string of the molecule is CC1Oc2ccccc2N(CC(=O)N2CCCCC2CNC(=O)CCN)C1=O.